The molecule has 26 heavy (non-hydrogen) atoms. The Balaban J connectivity index is 1.47. The van der Waals surface area contributed by atoms with E-state index < -0.39 is 0 Å². The maximum Gasteiger partial charge on any atom is 0.414 e. The first-order valence-electron chi connectivity index (χ1n) is 8.72. The molecule has 1 N–H and O–H groups in total. The van der Waals surface area contributed by atoms with E-state index in [9.17, 15) is 14.0 Å². The second kappa shape index (κ2) is 6.78. The summed E-state index contributed by atoms with van der Waals surface area (Å²) in [5, 5.41) is 2.94. The van der Waals surface area contributed by atoms with E-state index in [-0.39, 0.29) is 23.7 Å². The molecule has 0 radical (unpaired) electrons. The highest BCUT2D eigenvalue weighted by Crippen LogP contribution is 2.43. The van der Waals surface area contributed by atoms with Crippen molar-refractivity contribution in [1.29, 1.82) is 0 Å². The zero-order valence-electron chi connectivity index (χ0n) is 14.2. The summed E-state index contributed by atoms with van der Waals surface area (Å²) in [6, 6.07) is 13.3. The quantitative estimate of drug-likeness (QED) is 0.885. The molecule has 1 unspecified atom stereocenters. The lowest BCUT2D eigenvalue weighted by Gasteiger charge is -2.18. The van der Waals surface area contributed by atoms with Crippen molar-refractivity contribution in [2.75, 3.05) is 23.4 Å². The Morgan fingerprint density at radius 3 is 2.38 bits per heavy atom. The first-order valence-corrected chi connectivity index (χ1v) is 8.72. The molecule has 134 valence electrons. The van der Waals surface area contributed by atoms with Crippen molar-refractivity contribution in [1.82, 2.24) is 0 Å². The maximum atomic E-state index is 13.2. The van der Waals surface area contributed by atoms with Crippen LogP contribution in [-0.2, 0) is 9.53 Å². The van der Waals surface area contributed by atoms with Gasteiger partial charge >= 0.3 is 6.09 Å². The van der Waals surface area contributed by atoms with Crippen molar-refractivity contribution in [3.63, 3.8) is 0 Å². The highest BCUT2D eigenvalue weighted by atomic mass is 19.1. The van der Waals surface area contributed by atoms with Gasteiger partial charge in [0.15, 0.2) is 0 Å². The molecule has 2 amide bonds. The Labute approximate surface area is 150 Å². The van der Waals surface area contributed by atoms with Gasteiger partial charge in [0.05, 0.1) is 12.5 Å². The number of carbonyl (C=O) groups is 2. The van der Waals surface area contributed by atoms with Crippen LogP contribution >= 0.6 is 0 Å². The fraction of sp³-hybridized carbons (Fsp3) is 0.300. The second-order valence-electron chi connectivity index (χ2n) is 6.67. The molecule has 6 heteroatoms. The molecule has 1 atom stereocenters. The molecule has 5 nitrogen and oxygen atoms in total. The Morgan fingerprint density at radius 2 is 1.81 bits per heavy atom. The van der Waals surface area contributed by atoms with E-state index in [4.69, 9.17) is 4.74 Å². The Bertz CT molecular complexity index is 816. The third-order valence-electron chi connectivity index (χ3n) is 4.81. The zero-order valence-corrected chi connectivity index (χ0v) is 14.2. The van der Waals surface area contributed by atoms with E-state index in [1.54, 1.807) is 41.3 Å². The van der Waals surface area contributed by atoms with Crippen molar-refractivity contribution in [3.05, 3.63) is 59.9 Å². The number of ether oxygens (including phenoxy) is 1. The van der Waals surface area contributed by atoms with Crippen LogP contribution in [0.4, 0.5) is 20.6 Å². The number of nitrogens with zero attached hydrogens (tertiary/aromatic N) is 1. The molecule has 1 aliphatic heterocycles. The van der Waals surface area contributed by atoms with Crippen LogP contribution in [0.2, 0.25) is 0 Å². The largest absolute Gasteiger partial charge is 0.447 e. The van der Waals surface area contributed by atoms with E-state index in [1.165, 1.54) is 12.1 Å². The smallest absolute Gasteiger partial charge is 0.414 e. The highest BCUT2D eigenvalue weighted by molar-refractivity contribution is 5.97. The summed E-state index contributed by atoms with van der Waals surface area (Å²) in [6.07, 6.45) is 1.66. The fourth-order valence-corrected chi connectivity index (χ4v) is 3.31. The molecule has 1 heterocycles. The minimum atomic E-state index is -0.355. The van der Waals surface area contributed by atoms with Crippen LogP contribution in [0.25, 0.3) is 0 Å². The Hall–Kier alpha value is -2.89. The van der Waals surface area contributed by atoms with Crippen molar-refractivity contribution in [2.45, 2.75) is 18.8 Å². The first-order chi connectivity index (χ1) is 12.6. The van der Waals surface area contributed by atoms with Crippen LogP contribution < -0.4 is 10.2 Å². The maximum absolute atomic E-state index is 13.2. The Morgan fingerprint density at radius 1 is 1.12 bits per heavy atom. The normalized spacial score (nSPS) is 17.7. The van der Waals surface area contributed by atoms with Gasteiger partial charge in [0.1, 0.15) is 12.4 Å². The molecule has 2 aromatic carbocycles. The number of hydrogen-bond acceptors (Lipinski definition) is 3. The lowest BCUT2D eigenvalue weighted by Crippen LogP contribution is -2.24. The van der Waals surface area contributed by atoms with Gasteiger partial charge in [0.2, 0.25) is 5.91 Å². The lowest BCUT2D eigenvalue weighted by molar-refractivity contribution is -0.118. The van der Waals surface area contributed by atoms with E-state index in [0.717, 1.165) is 24.1 Å². The number of hydrogen-bond donors (Lipinski definition) is 1. The number of rotatable bonds is 5. The van der Waals surface area contributed by atoms with Crippen molar-refractivity contribution >= 4 is 23.4 Å². The molecule has 1 saturated carbocycles. The van der Waals surface area contributed by atoms with Crippen LogP contribution in [0.1, 0.15) is 24.3 Å². The van der Waals surface area contributed by atoms with Crippen molar-refractivity contribution in [3.8, 4) is 0 Å². The molecule has 1 aliphatic carbocycles. The second-order valence-corrected chi connectivity index (χ2v) is 6.67. The van der Waals surface area contributed by atoms with Crippen LogP contribution in [0.3, 0.4) is 0 Å². The molecule has 2 aliphatic rings. The summed E-state index contributed by atoms with van der Waals surface area (Å²) in [5.41, 5.74) is 2.24. The number of carbonyl (C=O) groups excluding carboxylic acids is 2. The van der Waals surface area contributed by atoms with Gasteiger partial charge in [-0.1, -0.05) is 12.1 Å². The summed E-state index contributed by atoms with van der Waals surface area (Å²) >= 11 is 0. The minimum Gasteiger partial charge on any atom is -0.447 e. The number of amides is 2. The average Bonchev–Trinajstić information content (AvgIpc) is 3.37. The van der Waals surface area contributed by atoms with Gasteiger partial charge in [0, 0.05) is 11.4 Å². The van der Waals surface area contributed by atoms with Crippen LogP contribution in [0.5, 0.6) is 0 Å². The zero-order chi connectivity index (χ0) is 18.1. The van der Waals surface area contributed by atoms with Crippen LogP contribution in [0.15, 0.2) is 48.5 Å². The standard InChI is InChI=1S/C20H19FN2O3/c21-15-5-3-14(4-6-15)18(13-1-2-13)19(24)22-16-7-9-17(10-8-16)23-11-12-26-20(23)25/h3-10,13,18H,1-2,11-12H2,(H,22,24). The third-order valence-corrected chi connectivity index (χ3v) is 4.81. The third kappa shape index (κ3) is 3.40. The summed E-state index contributed by atoms with van der Waals surface area (Å²) in [6.45, 7) is 0.914. The number of nitrogens with one attached hydrogen (secondary N) is 1. The summed E-state index contributed by atoms with van der Waals surface area (Å²) in [5.74, 6) is -0.366. The molecule has 2 aromatic rings. The van der Waals surface area contributed by atoms with E-state index >= 15 is 0 Å². The van der Waals surface area contributed by atoms with Crippen LogP contribution in [0, 0.1) is 11.7 Å². The van der Waals surface area contributed by atoms with Gasteiger partial charge in [-0.15, -0.1) is 0 Å². The fourth-order valence-electron chi connectivity index (χ4n) is 3.31. The van der Waals surface area contributed by atoms with Gasteiger partial charge in [-0.3, -0.25) is 9.69 Å². The minimum absolute atomic E-state index is 0.0903. The van der Waals surface area contributed by atoms with Crippen molar-refractivity contribution in [2.24, 2.45) is 5.92 Å². The van der Waals surface area contributed by atoms with E-state index in [2.05, 4.69) is 5.32 Å². The van der Waals surface area contributed by atoms with Crippen molar-refractivity contribution < 1.29 is 18.7 Å². The molecule has 0 spiro atoms. The van der Waals surface area contributed by atoms with Gasteiger partial charge in [-0.05, 0) is 60.7 Å². The SMILES string of the molecule is O=C(Nc1ccc(N2CCOC2=O)cc1)C(c1ccc(F)cc1)C1CC1. The summed E-state index contributed by atoms with van der Waals surface area (Å²) in [4.78, 5) is 25.9. The highest BCUT2D eigenvalue weighted by Gasteiger charge is 2.37. The molecule has 4 rings (SSSR count). The average molecular weight is 354 g/mol. The van der Waals surface area contributed by atoms with Gasteiger partial charge in [-0.2, -0.15) is 0 Å². The molecule has 0 bridgehead atoms. The van der Waals surface area contributed by atoms with Gasteiger partial charge in [0.25, 0.3) is 0 Å². The first kappa shape index (κ1) is 16.6. The monoisotopic (exact) mass is 354 g/mol. The van der Waals surface area contributed by atoms with Gasteiger partial charge in [-0.25, -0.2) is 9.18 Å². The van der Waals surface area contributed by atoms with E-state index in [0.29, 0.717) is 24.8 Å². The lowest BCUT2D eigenvalue weighted by atomic mass is 9.93. The van der Waals surface area contributed by atoms with E-state index in [1.807, 2.05) is 0 Å². The topological polar surface area (TPSA) is 58.6 Å². The summed E-state index contributed by atoms with van der Waals surface area (Å²) in [7, 11) is 0. The Kier molecular flexibility index (Phi) is 4.32. The molecule has 0 aromatic heterocycles. The molecular formula is C20H19FN2O3. The number of cyclic esters (lactones) is 1. The van der Waals surface area contributed by atoms with Crippen LogP contribution in [-0.4, -0.2) is 25.2 Å². The predicted octanol–water partition coefficient (Wildman–Crippen LogP) is 3.91. The molecule has 1 saturated heterocycles. The van der Waals surface area contributed by atoms with Gasteiger partial charge < -0.3 is 10.1 Å². The number of halogens is 1. The number of anilines is 2. The predicted molar refractivity (Wildman–Crippen MR) is 95.6 cm³/mol. The molecular weight excluding hydrogens is 335 g/mol. The molecule has 2 fully saturated rings. The summed E-state index contributed by atoms with van der Waals surface area (Å²) < 4.78 is 18.1. The number of benzene rings is 2.